The highest BCUT2D eigenvalue weighted by atomic mass is 79.9. The number of carbonyl (C=O) groups is 2. The molecule has 0 bridgehead atoms. The summed E-state index contributed by atoms with van der Waals surface area (Å²) in [6.07, 6.45) is -0.970. The van der Waals surface area contributed by atoms with Crippen LogP contribution in [0.4, 0.5) is 4.79 Å². The summed E-state index contributed by atoms with van der Waals surface area (Å²) in [5.41, 5.74) is 1.71. The number of aromatic nitrogens is 2. The lowest BCUT2D eigenvalue weighted by Crippen LogP contribution is -2.44. The minimum absolute atomic E-state index is 0.113. The normalized spacial score (nSPS) is 19.7. The van der Waals surface area contributed by atoms with Gasteiger partial charge in [0.15, 0.2) is 11.5 Å². The van der Waals surface area contributed by atoms with Crippen LogP contribution in [0.5, 0.6) is 17.4 Å². The summed E-state index contributed by atoms with van der Waals surface area (Å²) < 4.78 is 29.5. The van der Waals surface area contributed by atoms with Crippen molar-refractivity contribution in [3.05, 3.63) is 40.9 Å². The second kappa shape index (κ2) is 9.86. The van der Waals surface area contributed by atoms with Crippen LogP contribution in [0.3, 0.4) is 0 Å². The summed E-state index contributed by atoms with van der Waals surface area (Å²) in [4.78, 5) is 36.5. The van der Waals surface area contributed by atoms with Crippen molar-refractivity contribution in [3.63, 3.8) is 0 Å². The van der Waals surface area contributed by atoms with Crippen molar-refractivity contribution in [2.75, 3.05) is 13.7 Å². The number of fused-ring (bicyclic) bond motifs is 2. The van der Waals surface area contributed by atoms with Gasteiger partial charge in [-0.15, -0.1) is 0 Å². The number of likely N-dealkylation sites (tertiary alicyclic amines) is 1. The smallest absolute Gasteiger partial charge is 0.411 e. The monoisotopic (exact) mass is 599 g/mol. The number of esters is 1. The third-order valence-electron chi connectivity index (χ3n) is 6.15. The summed E-state index contributed by atoms with van der Waals surface area (Å²) in [5, 5.41) is 0. The molecule has 206 valence electrons. The topological polar surface area (TPSA) is 109 Å². The molecule has 11 heteroatoms. The zero-order valence-corrected chi connectivity index (χ0v) is 24.2. The Bertz CT molecular complexity index is 1450. The molecule has 0 unspecified atom stereocenters. The van der Waals surface area contributed by atoms with Crippen LogP contribution in [0.1, 0.15) is 41.0 Å². The van der Waals surface area contributed by atoms with E-state index in [0.29, 0.717) is 28.2 Å². The second-order valence-electron chi connectivity index (χ2n) is 10.9. The van der Waals surface area contributed by atoms with Crippen LogP contribution in [0, 0.1) is 0 Å². The Morgan fingerprint density at radius 1 is 1.08 bits per heavy atom. The molecule has 2 aromatic carbocycles. The molecular weight excluding hydrogens is 570 g/mol. The van der Waals surface area contributed by atoms with Gasteiger partial charge in [-0.25, -0.2) is 19.6 Å². The fraction of sp³-hybridized carbons (Fsp3) is 0.429. The lowest BCUT2D eigenvalue weighted by atomic mass is 10.1. The maximum atomic E-state index is 12.9. The molecule has 39 heavy (non-hydrogen) atoms. The molecule has 1 saturated heterocycles. The van der Waals surface area contributed by atoms with Crippen LogP contribution in [-0.4, -0.2) is 64.1 Å². The zero-order valence-electron chi connectivity index (χ0n) is 22.6. The maximum Gasteiger partial charge on any atom is 0.411 e. The van der Waals surface area contributed by atoms with Gasteiger partial charge in [-0.1, -0.05) is 28.1 Å². The van der Waals surface area contributed by atoms with Crippen molar-refractivity contribution >= 4 is 39.0 Å². The molecule has 0 N–H and O–H groups in total. The second-order valence-corrected chi connectivity index (χ2v) is 11.8. The highest BCUT2D eigenvalue weighted by Crippen LogP contribution is 2.42. The molecule has 2 atom stereocenters. The van der Waals surface area contributed by atoms with Crippen LogP contribution < -0.4 is 14.2 Å². The summed E-state index contributed by atoms with van der Waals surface area (Å²) in [6, 6.07) is 10.3. The van der Waals surface area contributed by atoms with E-state index in [1.807, 2.05) is 38.1 Å². The van der Waals surface area contributed by atoms with Crippen LogP contribution in [0.2, 0.25) is 0 Å². The number of hydrogen-bond acceptors (Lipinski definition) is 9. The van der Waals surface area contributed by atoms with E-state index in [1.54, 1.807) is 32.9 Å². The minimum Gasteiger partial charge on any atom is -0.471 e. The average molecular weight is 600 g/mol. The van der Waals surface area contributed by atoms with Gasteiger partial charge in [-0.2, -0.15) is 0 Å². The number of amides is 1. The summed E-state index contributed by atoms with van der Waals surface area (Å²) in [5.74, 6) is 0.0628. The predicted octanol–water partition coefficient (Wildman–Crippen LogP) is 5.50. The SMILES string of the molecule is COC(=O)[C@@H]1C[C@@H](Oc2nc3cc4c(cc3nc2-c2cccc(Br)c2)OC(C)(C)O4)CN1C(=O)OC(C)(C)C. The molecule has 3 heterocycles. The van der Waals surface area contributed by atoms with E-state index in [9.17, 15) is 9.59 Å². The Morgan fingerprint density at radius 3 is 2.36 bits per heavy atom. The highest BCUT2D eigenvalue weighted by Gasteiger charge is 2.44. The lowest BCUT2D eigenvalue weighted by molar-refractivity contribution is -0.145. The quantitative estimate of drug-likeness (QED) is 0.359. The van der Waals surface area contributed by atoms with Crippen LogP contribution in [0.25, 0.3) is 22.3 Å². The fourth-order valence-electron chi connectivity index (χ4n) is 4.59. The number of benzene rings is 2. The van der Waals surface area contributed by atoms with E-state index in [2.05, 4.69) is 15.9 Å². The Balaban J connectivity index is 1.53. The Hall–Kier alpha value is -3.60. The van der Waals surface area contributed by atoms with Gasteiger partial charge in [0.25, 0.3) is 0 Å². The molecule has 0 spiro atoms. The first-order valence-electron chi connectivity index (χ1n) is 12.6. The van der Waals surface area contributed by atoms with E-state index in [1.165, 1.54) is 12.0 Å². The molecule has 0 saturated carbocycles. The summed E-state index contributed by atoms with van der Waals surface area (Å²) >= 11 is 3.52. The standard InChI is InChI=1S/C28H30BrN3O7/c1-27(2,3)39-26(34)32-14-17(11-20(32)25(33)35-6)36-24-23(15-8-7-9-16(29)10-15)30-18-12-21-22(13-19(18)31-24)38-28(4,5)37-21/h7-10,12-13,17,20H,11,14H2,1-6H3/t17-,20+/m1/s1. The predicted molar refractivity (Wildman–Crippen MR) is 146 cm³/mol. The van der Waals surface area contributed by atoms with E-state index < -0.39 is 35.6 Å². The first-order valence-corrected chi connectivity index (χ1v) is 13.3. The van der Waals surface area contributed by atoms with Crippen LogP contribution >= 0.6 is 15.9 Å². The van der Waals surface area contributed by atoms with Gasteiger partial charge >= 0.3 is 12.1 Å². The van der Waals surface area contributed by atoms with Crippen molar-refractivity contribution in [3.8, 4) is 28.6 Å². The maximum absolute atomic E-state index is 12.9. The average Bonchev–Trinajstić information content (AvgIpc) is 3.39. The van der Waals surface area contributed by atoms with Gasteiger partial charge in [-0.3, -0.25) is 4.90 Å². The van der Waals surface area contributed by atoms with Gasteiger partial charge in [0.2, 0.25) is 11.7 Å². The van der Waals surface area contributed by atoms with Gasteiger partial charge < -0.3 is 23.7 Å². The third kappa shape index (κ3) is 5.73. The van der Waals surface area contributed by atoms with Gasteiger partial charge in [0, 0.05) is 42.4 Å². The van der Waals surface area contributed by atoms with E-state index in [4.69, 9.17) is 33.7 Å². The summed E-state index contributed by atoms with van der Waals surface area (Å²) in [7, 11) is 1.29. The first-order chi connectivity index (χ1) is 18.3. The molecule has 3 aromatic rings. The van der Waals surface area contributed by atoms with Crippen LogP contribution in [0.15, 0.2) is 40.9 Å². The number of halogens is 1. The lowest BCUT2D eigenvalue weighted by Gasteiger charge is -2.27. The third-order valence-corrected chi connectivity index (χ3v) is 6.64. The molecular formula is C28H30BrN3O7. The molecule has 1 fully saturated rings. The number of methoxy groups -OCH3 is 1. The Morgan fingerprint density at radius 2 is 1.74 bits per heavy atom. The van der Waals surface area contributed by atoms with Gasteiger partial charge in [0.1, 0.15) is 23.4 Å². The number of rotatable bonds is 4. The van der Waals surface area contributed by atoms with Crippen molar-refractivity contribution < 1.29 is 33.3 Å². The number of nitrogens with zero attached hydrogens (tertiary/aromatic N) is 3. The van der Waals surface area contributed by atoms with Crippen molar-refractivity contribution in [2.45, 2.75) is 64.6 Å². The number of carbonyl (C=O) groups excluding carboxylic acids is 2. The van der Waals surface area contributed by atoms with Crippen molar-refractivity contribution in [1.82, 2.24) is 14.9 Å². The van der Waals surface area contributed by atoms with Crippen molar-refractivity contribution in [1.29, 1.82) is 0 Å². The molecule has 10 nitrogen and oxygen atoms in total. The zero-order chi connectivity index (χ0) is 28.1. The van der Waals surface area contributed by atoms with Crippen molar-refractivity contribution in [2.24, 2.45) is 0 Å². The van der Waals surface area contributed by atoms with E-state index in [0.717, 1.165) is 10.0 Å². The highest BCUT2D eigenvalue weighted by molar-refractivity contribution is 9.10. The minimum atomic E-state index is -0.853. The van der Waals surface area contributed by atoms with E-state index >= 15 is 0 Å². The molecule has 2 aliphatic heterocycles. The molecule has 2 aliphatic rings. The molecule has 0 aliphatic carbocycles. The Kier molecular flexibility index (Phi) is 6.82. The number of ether oxygens (including phenoxy) is 5. The van der Waals surface area contributed by atoms with Gasteiger partial charge in [0.05, 0.1) is 24.7 Å². The fourth-order valence-corrected chi connectivity index (χ4v) is 4.99. The molecule has 0 radical (unpaired) electrons. The molecule has 1 amide bonds. The molecule has 1 aromatic heterocycles. The van der Waals surface area contributed by atoms with Crippen LogP contribution in [-0.2, 0) is 14.3 Å². The summed E-state index contributed by atoms with van der Waals surface area (Å²) in [6.45, 7) is 9.07. The van der Waals surface area contributed by atoms with E-state index in [-0.39, 0.29) is 18.8 Å². The largest absolute Gasteiger partial charge is 0.471 e. The first kappa shape index (κ1) is 27.0. The Labute approximate surface area is 234 Å². The number of hydrogen-bond donors (Lipinski definition) is 0. The van der Waals surface area contributed by atoms with Gasteiger partial charge in [-0.05, 0) is 32.9 Å². The molecule has 5 rings (SSSR count).